The fraction of sp³-hybridized carbons (Fsp3) is 1.00. The van der Waals surface area contributed by atoms with Gasteiger partial charge in [-0.05, 0) is 32.2 Å². The summed E-state index contributed by atoms with van der Waals surface area (Å²) in [6.07, 6.45) is 23.0. The molecule has 0 bridgehead atoms. The number of hydrogen-bond donors (Lipinski definition) is 1. The molecule has 21 heavy (non-hydrogen) atoms. The monoisotopic (exact) mass is 295 g/mol. The highest BCUT2D eigenvalue weighted by atomic mass is 15.0. The van der Waals surface area contributed by atoms with E-state index in [0.29, 0.717) is 5.54 Å². The molecule has 0 aromatic carbocycles. The average molecular weight is 296 g/mol. The zero-order chi connectivity index (χ0) is 15.2. The lowest BCUT2D eigenvalue weighted by molar-refractivity contribution is 0.298. The van der Waals surface area contributed by atoms with E-state index in [1.807, 2.05) is 0 Å². The van der Waals surface area contributed by atoms with E-state index in [2.05, 4.69) is 19.2 Å². The lowest BCUT2D eigenvalue weighted by atomic mass is 9.85. The molecule has 0 aromatic heterocycles. The lowest BCUT2D eigenvalue weighted by Gasteiger charge is -2.30. The predicted molar refractivity (Wildman–Crippen MR) is 96.0 cm³/mol. The van der Waals surface area contributed by atoms with E-state index < -0.39 is 0 Å². The standard InChI is InChI=1S/C20H41N/c1-3-5-7-9-11-13-16-20(18-15-19-21-20)17-14-12-10-8-6-4-2/h21H,3-19H2,1-2H3. The van der Waals surface area contributed by atoms with Crippen LogP contribution in [-0.2, 0) is 0 Å². The third-order valence-electron chi connectivity index (χ3n) is 5.35. The van der Waals surface area contributed by atoms with Crippen molar-refractivity contribution in [1.82, 2.24) is 5.32 Å². The summed E-state index contributed by atoms with van der Waals surface area (Å²) >= 11 is 0. The normalized spacial score (nSPS) is 17.4. The molecule has 1 heteroatoms. The van der Waals surface area contributed by atoms with E-state index in [0.717, 1.165) is 0 Å². The van der Waals surface area contributed by atoms with E-state index in [9.17, 15) is 0 Å². The molecule has 0 spiro atoms. The molecule has 0 unspecified atom stereocenters. The maximum atomic E-state index is 3.87. The van der Waals surface area contributed by atoms with Gasteiger partial charge in [-0.2, -0.15) is 0 Å². The number of hydrogen-bond acceptors (Lipinski definition) is 1. The zero-order valence-electron chi connectivity index (χ0n) is 15.0. The molecular formula is C20H41N. The van der Waals surface area contributed by atoms with Gasteiger partial charge in [0.1, 0.15) is 0 Å². The van der Waals surface area contributed by atoms with Crippen LogP contribution in [-0.4, -0.2) is 12.1 Å². The molecule has 126 valence electrons. The van der Waals surface area contributed by atoms with Crippen LogP contribution in [0.15, 0.2) is 0 Å². The maximum Gasteiger partial charge on any atom is 0.0182 e. The topological polar surface area (TPSA) is 12.0 Å². The Morgan fingerprint density at radius 1 is 0.667 bits per heavy atom. The van der Waals surface area contributed by atoms with E-state index in [4.69, 9.17) is 0 Å². The summed E-state index contributed by atoms with van der Waals surface area (Å²) in [6.45, 7) is 5.88. The molecule has 0 saturated carbocycles. The zero-order valence-corrected chi connectivity index (χ0v) is 15.0. The molecule has 0 amide bonds. The molecule has 1 rings (SSSR count). The van der Waals surface area contributed by atoms with Gasteiger partial charge in [-0.15, -0.1) is 0 Å². The molecule has 1 aliphatic heterocycles. The van der Waals surface area contributed by atoms with E-state index in [1.165, 1.54) is 109 Å². The lowest BCUT2D eigenvalue weighted by Crippen LogP contribution is -2.39. The molecular weight excluding hydrogens is 254 g/mol. The summed E-state index contributed by atoms with van der Waals surface area (Å²) in [6, 6.07) is 0. The van der Waals surface area contributed by atoms with Crippen molar-refractivity contribution in [2.24, 2.45) is 0 Å². The summed E-state index contributed by atoms with van der Waals surface area (Å²) < 4.78 is 0. The van der Waals surface area contributed by atoms with Gasteiger partial charge in [-0.3, -0.25) is 0 Å². The van der Waals surface area contributed by atoms with Crippen LogP contribution in [0.3, 0.4) is 0 Å². The van der Waals surface area contributed by atoms with Crippen molar-refractivity contribution in [3.05, 3.63) is 0 Å². The van der Waals surface area contributed by atoms with Gasteiger partial charge in [0, 0.05) is 5.54 Å². The largest absolute Gasteiger partial charge is 0.311 e. The van der Waals surface area contributed by atoms with Crippen LogP contribution in [0, 0.1) is 0 Å². The van der Waals surface area contributed by atoms with Crippen LogP contribution < -0.4 is 5.32 Å². The molecule has 0 radical (unpaired) electrons. The molecule has 1 N–H and O–H groups in total. The van der Waals surface area contributed by atoms with Crippen LogP contribution in [0.1, 0.15) is 117 Å². The van der Waals surface area contributed by atoms with Gasteiger partial charge in [0.25, 0.3) is 0 Å². The van der Waals surface area contributed by atoms with Crippen LogP contribution in [0.25, 0.3) is 0 Å². The van der Waals surface area contributed by atoms with Gasteiger partial charge in [-0.25, -0.2) is 0 Å². The molecule has 1 saturated heterocycles. The quantitative estimate of drug-likeness (QED) is 0.355. The Kier molecular flexibility index (Phi) is 11.3. The highest BCUT2D eigenvalue weighted by Crippen LogP contribution is 2.31. The Hall–Kier alpha value is -0.0400. The molecule has 1 heterocycles. The minimum Gasteiger partial charge on any atom is -0.311 e. The smallest absolute Gasteiger partial charge is 0.0182 e. The second kappa shape index (κ2) is 12.5. The Morgan fingerprint density at radius 2 is 1.14 bits per heavy atom. The first-order valence-electron chi connectivity index (χ1n) is 10.1. The van der Waals surface area contributed by atoms with Crippen molar-refractivity contribution in [2.75, 3.05) is 6.54 Å². The van der Waals surface area contributed by atoms with Gasteiger partial charge in [-0.1, -0.05) is 90.9 Å². The number of rotatable bonds is 14. The van der Waals surface area contributed by atoms with Crippen LogP contribution >= 0.6 is 0 Å². The van der Waals surface area contributed by atoms with Crippen molar-refractivity contribution in [3.8, 4) is 0 Å². The molecule has 0 aromatic rings. The first-order chi connectivity index (χ1) is 10.3. The summed E-state index contributed by atoms with van der Waals surface area (Å²) in [5, 5.41) is 3.87. The average Bonchev–Trinajstić information content (AvgIpc) is 2.96. The Morgan fingerprint density at radius 3 is 1.57 bits per heavy atom. The van der Waals surface area contributed by atoms with Crippen LogP contribution in [0.5, 0.6) is 0 Å². The Balaban J connectivity index is 2.09. The van der Waals surface area contributed by atoms with Gasteiger partial charge in [0.05, 0.1) is 0 Å². The maximum absolute atomic E-state index is 3.87. The fourth-order valence-corrected chi connectivity index (χ4v) is 3.91. The molecule has 1 aliphatic rings. The minimum atomic E-state index is 0.537. The van der Waals surface area contributed by atoms with Gasteiger partial charge in [0.15, 0.2) is 0 Å². The number of nitrogens with one attached hydrogen (secondary N) is 1. The van der Waals surface area contributed by atoms with Crippen molar-refractivity contribution < 1.29 is 0 Å². The van der Waals surface area contributed by atoms with E-state index in [1.54, 1.807) is 0 Å². The third-order valence-corrected chi connectivity index (χ3v) is 5.35. The highest BCUT2D eigenvalue weighted by Gasteiger charge is 2.31. The van der Waals surface area contributed by atoms with E-state index >= 15 is 0 Å². The van der Waals surface area contributed by atoms with Gasteiger partial charge in [0.2, 0.25) is 0 Å². The predicted octanol–water partition coefficient (Wildman–Crippen LogP) is 6.61. The first kappa shape index (κ1) is 19.0. The molecule has 0 atom stereocenters. The van der Waals surface area contributed by atoms with Crippen molar-refractivity contribution in [2.45, 2.75) is 122 Å². The van der Waals surface area contributed by atoms with Crippen LogP contribution in [0.2, 0.25) is 0 Å². The summed E-state index contributed by atoms with van der Waals surface area (Å²) in [4.78, 5) is 0. The Labute approximate surface area is 134 Å². The fourth-order valence-electron chi connectivity index (χ4n) is 3.91. The van der Waals surface area contributed by atoms with Gasteiger partial charge < -0.3 is 5.32 Å². The van der Waals surface area contributed by atoms with Crippen LogP contribution in [0.4, 0.5) is 0 Å². The Bertz CT molecular complexity index is 200. The first-order valence-corrected chi connectivity index (χ1v) is 10.1. The number of unbranched alkanes of at least 4 members (excludes halogenated alkanes) is 10. The summed E-state index contributed by atoms with van der Waals surface area (Å²) in [5.41, 5.74) is 0.537. The third kappa shape index (κ3) is 8.86. The second-order valence-corrected chi connectivity index (χ2v) is 7.35. The van der Waals surface area contributed by atoms with Crippen molar-refractivity contribution >= 4 is 0 Å². The van der Waals surface area contributed by atoms with Crippen molar-refractivity contribution in [3.63, 3.8) is 0 Å². The minimum absolute atomic E-state index is 0.537. The summed E-state index contributed by atoms with van der Waals surface area (Å²) in [5.74, 6) is 0. The molecule has 0 aliphatic carbocycles. The second-order valence-electron chi connectivity index (χ2n) is 7.35. The SMILES string of the molecule is CCCCCCCCC1(CCCCCCCC)CCCN1. The molecule has 1 nitrogen and oxygen atoms in total. The van der Waals surface area contributed by atoms with E-state index in [-0.39, 0.29) is 0 Å². The molecule has 1 fully saturated rings. The van der Waals surface area contributed by atoms with Gasteiger partial charge >= 0.3 is 0 Å². The van der Waals surface area contributed by atoms with Crippen molar-refractivity contribution in [1.29, 1.82) is 0 Å². The summed E-state index contributed by atoms with van der Waals surface area (Å²) in [7, 11) is 0. The highest BCUT2D eigenvalue weighted by molar-refractivity contribution is 4.92.